The molecular formula is C14H14N4OS. The van der Waals surface area contributed by atoms with E-state index in [9.17, 15) is 0 Å². The van der Waals surface area contributed by atoms with Crippen molar-refractivity contribution in [3.05, 3.63) is 47.7 Å². The van der Waals surface area contributed by atoms with Crippen LogP contribution in [0.25, 0.3) is 0 Å². The smallest absolute Gasteiger partial charge is 0.247 e. The molecule has 0 aliphatic carbocycles. The first-order valence-corrected chi connectivity index (χ1v) is 6.85. The lowest BCUT2D eigenvalue weighted by atomic mass is 10.0. The SMILES string of the molecule is CC(CN)c1ccc(SOc2ccc(C#N)nn2)cc1. The third-order valence-electron chi connectivity index (χ3n) is 2.78. The Hall–Kier alpha value is -2.10. The monoisotopic (exact) mass is 286 g/mol. The van der Waals surface area contributed by atoms with Crippen molar-refractivity contribution < 1.29 is 4.18 Å². The highest BCUT2D eigenvalue weighted by atomic mass is 32.2. The van der Waals surface area contributed by atoms with Crippen LogP contribution in [0.3, 0.4) is 0 Å². The van der Waals surface area contributed by atoms with Crippen LogP contribution in [0.4, 0.5) is 0 Å². The van der Waals surface area contributed by atoms with Crippen molar-refractivity contribution in [1.82, 2.24) is 10.2 Å². The number of nitrogens with zero attached hydrogens (tertiary/aromatic N) is 3. The first-order valence-electron chi connectivity index (χ1n) is 6.11. The zero-order valence-electron chi connectivity index (χ0n) is 11.0. The van der Waals surface area contributed by atoms with Gasteiger partial charge in [0.05, 0.1) is 12.0 Å². The maximum absolute atomic E-state index is 8.62. The van der Waals surface area contributed by atoms with Crippen LogP contribution in [0.2, 0.25) is 0 Å². The Balaban J connectivity index is 1.95. The van der Waals surface area contributed by atoms with Crippen molar-refractivity contribution in [2.75, 3.05) is 6.54 Å². The normalized spacial score (nSPS) is 11.7. The molecule has 0 saturated heterocycles. The summed E-state index contributed by atoms with van der Waals surface area (Å²) in [4.78, 5) is 0.962. The number of aromatic nitrogens is 2. The molecule has 1 atom stereocenters. The molecule has 102 valence electrons. The number of nitrogens with two attached hydrogens (primary N) is 1. The third-order valence-corrected chi connectivity index (χ3v) is 3.50. The standard InChI is InChI=1S/C14H14N4OS/c1-10(8-15)11-2-5-13(6-3-11)20-19-14-7-4-12(9-16)17-18-14/h2-7,10H,8,15H2,1H3. The molecule has 2 rings (SSSR count). The van der Waals surface area contributed by atoms with E-state index in [1.165, 1.54) is 17.6 Å². The van der Waals surface area contributed by atoms with Gasteiger partial charge < -0.3 is 9.92 Å². The van der Waals surface area contributed by atoms with Gasteiger partial charge in [-0.2, -0.15) is 5.26 Å². The van der Waals surface area contributed by atoms with Gasteiger partial charge in [-0.05, 0) is 36.2 Å². The molecule has 0 aliphatic heterocycles. The summed E-state index contributed by atoms with van der Waals surface area (Å²) < 4.78 is 5.43. The molecule has 6 heteroatoms. The maximum Gasteiger partial charge on any atom is 0.247 e. The van der Waals surface area contributed by atoms with E-state index in [1.807, 2.05) is 30.3 Å². The summed E-state index contributed by atoms with van der Waals surface area (Å²) in [5.41, 5.74) is 7.10. The molecule has 1 aromatic carbocycles. The highest BCUT2D eigenvalue weighted by molar-refractivity contribution is 7.95. The summed E-state index contributed by atoms with van der Waals surface area (Å²) in [6.07, 6.45) is 0. The molecular weight excluding hydrogens is 272 g/mol. The van der Waals surface area contributed by atoms with Gasteiger partial charge >= 0.3 is 0 Å². The Labute approximate surface area is 122 Å². The number of benzene rings is 1. The van der Waals surface area contributed by atoms with E-state index in [2.05, 4.69) is 17.1 Å². The second-order valence-corrected chi connectivity index (χ2v) is 5.05. The summed E-state index contributed by atoms with van der Waals surface area (Å²) in [6, 6.07) is 13.1. The minimum atomic E-state index is 0.266. The van der Waals surface area contributed by atoms with Crippen molar-refractivity contribution in [1.29, 1.82) is 5.26 Å². The van der Waals surface area contributed by atoms with Gasteiger partial charge in [0, 0.05) is 11.0 Å². The minimum absolute atomic E-state index is 0.266. The molecule has 0 spiro atoms. The predicted octanol–water partition coefficient (Wildman–Crippen LogP) is 2.50. The molecule has 0 saturated carbocycles. The molecule has 0 amide bonds. The number of rotatable bonds is 5. The van der Waals surface area contributed by atoms with Crippen LogP contribution < -0.4 is 9.92 Å². The fourth-order valence-corrected chi connectivity index (χ4v) is 2.02. The largest absolute Gasteiger partial charge is 0.399 e. The van der Waals surface area contributed by atoms with Crippen molar-refractivity contribution in [2.45, 2.75) is 17.7 Å². The van der Waals surface area contributed by atoms with E-state index >= 15 is 0 Å². The average Bonchev–Trinajstić information content (AvgIpc) is 2.53. The fourth-order valence-electron chi connectivity index (χ4n) is 1.50. The van der Waals surface area contributed by atoms with Crippen molar-refractivity contribution >= 4 is 12.0 Å². The Morgan fingerprint density at radius 1 is 1.25 bits per heavy atom. The predicted molar refractivity (Wildman–Crippen MR) is 77.1 cm³/mol. The van der Waals surface area contributed by atoms with Crippen molar-refractivity contribution in [3.8, 4) is 11.9 Å². The molecule has 0 aliphatic rings. The molecule has 0 bridgehead atoms. The fraction of sp³-hybridized carbons (Fsp3) is 0.214. The Bertz CT molecular complexity index is 592. The molecule has 0 radical (unpaired) electrons. The third kappa shape index (κ3) is 3.70. The van der Waals surface area contributed by atoms with Crippen LogP contribution in [0.15, 0.2) is 41.3 Å². The van der Waals surface area contributed by atoms with Gasteiger partial charge in [0.1, 0.15) is 6.07 Å². The second kappa shape index (κ2) is 6.89. The van der Waals surface area contributed by atoms with Gasteiger partial charge in [0.25, 0.3) is 0 Å². The van der Waals surface area contributed by atoms with Crippen LogP contribution in [0, 0.1) is 11.3 Å². The highest BCUT2D eigenvalue weighted by Crippen LogP contribution is 2.23. The first-order chi connectivity index (χ1) is 9.72. The Morgan fingerprint density at radius 3 is 2.55 bits per heavy atom. The lowest BCUT2D eigenvalue weighted by Crippen LogP contribution is -2.08. The number of nitriles is 1. The minimum Gasteiger partial charge on any atom is -0.399 e. The van der Waals surface area contributed by atoms with Gasteiger partial charge in [-0.15, -0.1) is 10.2 Å². The summed E-state index contributed by atoms with van der Waals surface area (Å²) in [7, 11) is 0. The molecule has 2 N–H and O–H groups in total. The van der Waals surface area contributed by atoms with Crippen LogP contribution in [-0.4, -0.2) is 16.7 Å². The van der Waals surface area contributed by atoms with Gasteiger partial charge in [-0.25, -0.2) is 0 Å². The lowest BCUT2D eigenvalue weighted by Gasteiger charge is -2.09. The van der Waals surface area contributed by atoms with Crippen LogP contribution >= 0.6 is 12.0 Å². The van der Waals surface area contributed by atoms with Crippen molar-refractivity contribution in [3.63, 3.8) is 0 Å². The first kappa shape index (κ1) is 14.3. The van der Waals surface area contributed by atoms with Gasteiger partial charge in [-0.1, -0.05) is 19.1 Å². The molecule has 1 unspecified atom stereocenters. The number of hydrogen-bond donors (Lipinski definition) is 1. The molecule has 1 aromatic heterocycles. The zero-order valence-corrected chi connectivity index (χ0v) is 11.8. The summed E-state index contributed by atoms with van der Waals surface area (Å²) in [5, 5.41) is 16.1. The van der Waals surface area contributed by atoms with Gasteiger partial charge in [0.2, 0.25) is 5.88 Å². The highest BCUT2D eigenvalue weighted by Gasteiger charge is 2.04. The van der Waals surface area contributed by atoms with Crippen LogP contribution in [-0.2, 0) is 0 Å². The molecule has 5 nitrogen and oxygen atoms in total. The summed E-state index contributed by atoms with van der Waals surface area (Å²) in [5.74, 6) is 0.716. The van der Waals surface area contributed by atoms with Crippen LogP contribution in [0.1, 0.15) is 24.1 Å². The molecule has 2 aromatic rings. The zero-order chi connectivity index (χ0) is 14.4. The number of hydrogen-bond acceptors (Lipinski definition) is 6. The second-order valence-electron chi connectivity index (χ2n) is 4.24. The Morgan fingerprint density at radius 2 is 2.00 bits per heavy atom. The summed E-state index contributed by atoms with van der Waals surface area (Å²) in [6.45, 7) is 2.72. The maximum atomic E-state index is 8.62. The van der Waals surface area contributed by atoms with E-state index in [1.54, 1.807) is 12.1 Å². The van der Waals surface area contributed by atoms with E-state index in [-0.39, 0.29) is 5.69 Å². The topological polar surface area (TPSA) is 84.8 Å². The lowest BCUT2D eigenvalue weighted by molar-refractivity contribution is 0.599. The summed E-state index contributed by atoms with van der Waals surface area (Å²) >= 11 is 1.20. The Kier molecular flexibility index (Phi) is 4.93. The van der Waals surface area contributed by atoms with E-state index < -0.39 is 0 Å². The average molecular weight is 286 g/mol. The van der Waals surface area contributed by atoms with Gasteiger partial charge in [0.15, 0.2) is 5.69 Å². The molecule has 1 heterocycles. The molecule has 20 heavy (non-hydrogen) atoms. The van der Waals surface area contributed by atoms with Crippen LogP contribution in [0.5, 0.6) is 5.88 Å². The van der Waals surface area contributed by atoms with E-state index in [4.69, 9.17) is 15.2 Å². The van der Waals surface area contributed by atoms with E-state index in [0.29, 0.717) is 18.3 Å². The van der Waals surface area contributed by atoms with E-state index in [0.717, 1.165) is 4.90 Å². The molecule has 0 fully saturated rings. The van der Waals surface area contributed by atoms with Crippen molar-refractivity contribution in [2.24, 2.45) is 5.73 Å². The van der Waals surface area contributed by atoms with Gasteiger partial charge in [-0.3, -0.25) is 0 Å². The quantitative estimate of drug-likeness (QED) is 0.850.